The van der Waals surface area contributed by atoms with E-state index in [2.05, 4.69) is 19.1 Å². The first-order valence-corrected chi connectivity index (χ1v) is 7.71. The average Bonchev–Trinajstić information content (AvgIpc) is 2.88. The van der Waals surface area contributed by atoms with Crippen molar-refractivity contribution in [3.05, 3.63) is 29.8 Å². The first kappa shape index (κ1) is 15.5. The summed E-state index contributed by atoms with van der Waals surface area (Å²) in [5, 5.41) is 0. The van der Waals surface area contributed by atoms with Crippen molar-refractivity contribution >= 4 is 17.6 Å². The molecule has 1 saturated heterocycles. The van der Waals surface area contributed by atoms with Crippen LogP contribution < -0.4 is 4.90 Å². The van der Waals surface area contributed by atoms with Gasteiger partial charge in [-0.25, -0.2) is 0 Å². The number of ether oxygens (including phenoxy) is 1. The summed E-state index contributed by atoms with van der Waals surface area (Å²) in [5.41, 5.74) is 2.15. The second-order valence-corrected chi connectivity index (χ2v) is 5.43. The van der Waals surface area contributed by atoms with E-state index in [-0.39, 0.29) is 24.2 Å². The van der Waals surface area contributed by atoms with E-state index in [4.69, 9.17) is 4.74 Å². The van der Waals surface area contributed by atoms with Crippen LogP contribution in [0.4, 0.5) is 5.69 Å². The second-order valence-electron chi connectivity index (χ2n) is 5.43. The van der Waals surface area contributed by atoms with E-state index in [1.165, 1.54) is 18.4 Å². The molecule has 0 saturated carbocycles. The molecule has 1 atom stereocenters. The fourth-order valence-corrected chi connectivity index (χ4v) is 2.60. The molecule has 0 radical (unpaired) electrons. The topological polar surface area (TPSA) is 46.6 Å². The molecular weight excluding hydrogens is 266 g/mol. The van der Waals surface area contributed by atoms with Gasteiger partial charge in [0.25, 0.3) is 0 Å². The number of benzene rings is 1. The SMILES string of the molecule is CCCCc1ccc(N2CC(C(=O)OCC)CC2=O)cc1. The quantitative estimate of drug-likeness (QED) is 0.756. The van der Waals surface area contributed by atoms with E-state index in [1.54, 1.807) is 11.8 Å². The van der Waals surface area contributed by atoms with Gasteiger partial charge in [-0.1, -0.05) is 25.5 Å². The summed E-state index contributed by atoms with van der Waals surface area (Å²) in [6.45, 7) is 4.73. The highest BCUT2D eigenvalue weighted by molar-refractivity contribution is 5.99. The molecule has 1 unspecified atom stereocenters. The Morgan fingerprint density at radius 3 is 2.62 bits per heavy atom. The molecule has 1 aliphatic rings. The van der Waals surface area contributed by atoms with Gasteiger partial charge in [0.1, 0.15) is 0 Å². The molecule has 1 heterocycles. The van der Waals surface area contributed by atoms with Crippen LogP contribution in [0, 0.1) is 5.92 Å². The summed E-state index contributed by atoms with van der Waals surface area (Å²) in [6.07, 6.45) is 3.66. The van der Waals surface area contributed by atoms with Gasteiger partial charge in [-0.2, -0.15) is 0 Å². The van der Waals surface area contributed by atoms with Gasteiger partial charge in [0.15, 0.2) is 0 Å². The lowest BCUT2D eigenvalue weighted by molar-refractivity contribution is -0.147. The van der Waals surface area contributed by atoms with Crippen molar-refractivity contribution in [2.45, 2.75) is 39.5 Å². The van der Waals surface area contributed by atoms with Gasteiger partial charge in [-0.05, 0) is 37.5 Å². The largest absolute Gasteiger partial charge is 0.466 e. The number of anilines is 1. The van der Waals surface area contributed by atoms with Crippen LogP contribution in [0.15, 0.2) is 24.3 Å². The predicted octanol–water partition coefficient (Wildman–Crippen LogP) is 2.95. The lowest BCUT2D eigenvalue weighted by Gasteiger charge is -2.17. The molecule has 21 heavy (non-hydrogen) atoms. The zero-order chi connectivity index (χ0) is 15.2. The standard InChI is InChI=1S/C17H23NO3/c1-3-5-6-13-7-9-15(10-8-13)18-12-14(11-16(18)19)17(20)21-4-2/h7-10,14H,3-6,11-12H2,1-2H3. The molecule has 1 aromatic rings. The van der Waals surface area contributed by atoms with Gasteiger partial charge in [0.05, 0.1) is 12.5 Å². The Kier molecular flexibility index (Phi) is 5.37. The van der Waals surface area contributed by atoms with Crippen LogP contribution in [0.3, 0.4) is 0 Å². The number of amides is 1. The maximum Gasteiger partial charge on any atom is 0.311 e. The fourth-order valence-electron chi connectivity index (χ4n) is 2.60. The van der Waals surface area contributed by atoms with E-state index in [0.717, 1.165) is 12.1 Å². The molecule has 1 aromatic carbocycles. The first-order chi connectivity index (χ1) is 10.2. The number of carbonyl (C=O) groups is 2. The van der Waals surface area contributed by atoms with Crippen LogP contribution in [-0.4, -0.2) is 25.0 Å². The van der Waals surface area contributed by atoms with Crippen molar-refractivity contribution in [3.8, 4) is 0 Å². The average molecular weight is 289 g/mol. The molecule has 114 valence electrons. The molecule has 4 heteroatoms. The van der Waals surface area contributed by atoms with E-state index >= 15 is 0 Å². The zero-order valence-corrected chi connectivity index (χ0v) is 12.8. The highest BCUT2D eigenvalue weighted by atomic mass is 16.5. The van der Waals surface area contributed by atoms with E-state index < -0.39 is 0 Å². The van der Waals surface area contributed by atoms with Crippen LogP contribution in [0.1, 0.15) is 38.7 Å². The number of nitrogens with zero attached hydrogens (tertiary/aromatic N) is 1. The number of hydrogen-bond donors (Lipinski definition) is 0. The van der Waals surface area contributed by atoms with Crippen molar-refractivity contribution in [1.29, 1.82) is 0 Å². The lowest BCUT2D eigenvalue weighted by Crippen LogP contribution is -2.26. The van der Waals surface area contributed by atoms with Crippen molar-refractivity contribution < 1.29 is 14.3 Å². The summed E-state index contributed by atoms with van der Waals surface area (Å²) in [7, 11) is 0. The van der Waals surface area contributed by atoms with Crippen LogP contribution in [0.25, 0.3) is 0 Å². The van der Waals surface area contributed by atoms with Crippen molar-refractivity contribution in [3.63, 3.8) is 0 Å². The Morgan fingerprint density at radius 1 is 1.29 bits per heavy atom. The number of unbranched alkanes of at least 4 members (excludes halogenated alkanes) is 1. The Bertz CT molecular complexity index is 495. The summed E-state index contributed by atoms with van der Waals surface area (Å²) in [4.78, 5) is 25.5. The Morgan fingerprint density at radius 2 is 2.00 bits per heavy atom. The molecule has 2 rings (SSSR count). The van der Waals surface area contributed by atoms with Crippen molar-refractivity contribution in [1.82, 2.24) is 0 Å². The van der Waals surface area contributed by atoms with Crippen LogP contribution >= 0.6 is 0 Å². The van der Waals surface area contributed by atoms with Gasteiger partial charge in [0.2, 0.25) is 5.91 Å². The molecule has 1 fully saturated rings. The molecule has 1 amide bonds. The third kappa shape index (κ3) is 3.84. The Balaban J connectivity index is 2.01. The number of carbonyl (C=O) groups excluding carboxylic acids is 2. The molecular formula is C17H23NO3. The first-order valence-electron chi connectivity index (χ1n) is 7.71. The van der Waals surface area contributed by atoms with Crippen LogP contribution in [0.2, 0.25) is 0 Å². The lowest BCUT2D eigenvalue weighted by atomic mass is 10.1. The van der Waals surface area contributed by atoms with Gasteiger partial charge in [-0.3, -0.25) is 9.59 Å². The molecule has 1 aliphatic heterocycles. The minimum atomic E-state index is -0.336. The smallest absolute Gasteiger partial charge is 0.311 e. The second kappa shape index (κ2) is 7.25. The molecule has 4 nitrogen and oxygen atoms in total. The van der Waals surface area contributed by atoms with Gasteiger partial charge in [-0.15, -0.1) is 0 Å². The number of aryl methyl sites for hydroxylation is 1. The van der Waals surface area contributed by atoms with Crippen LogP contribution in [0.5, 0.6) is 0 Å². The summed E-state index contributed by atoms with van der Waals surface area (Å²) < 4.78 is 5.00. The molecule has 0 bridgehead atoms. The molecule has 0 N–H and O–H groups in total. The Labute approximate surface area is 126 Å². The highest BCUT2D eigenvalue weighted by Gasteiger charge is 2.35. The van der Waals surface area contributed by atoms with E-state index in [0.29, 0.717) is 13.2 Å². The van der Waals surface area contributed by atoms with Crippen molar-refractivity contribution in [2.24, 2.45) is 5.92 Å². The molecule has 0 aliphatic carbocycles. The zero-order valence-electron chi connectivity index (χ0n) is 12.8. The summed E-state index contributed by atoms with van der Waals surface area (Å²) in [6, 6.07) is 8.07. The summed E-state index contributed by atoms with van der Waals surface area (Å²) >= 11 is 0. The molecule has 0 spiro atoms. The predicted molar refractivity (Wildman–Crippen MR) is 82.1 cm³/mol. The van der Waals surface area contributed by atoms with Crippen molar-refractivity contribution in [2.75, 3.05) is 18.1 Å². The van der Waals surface area contributed by atoms with Crippen LogP contribution in [-0.2, 0) is 20.7 Å². The van der Waals surface area contributed by atoms with Gasteiger partial charge < -0.3 is 9.64 Å². The number of hydrogen-bond acceptors (Lipinski definition) is 3. The Hall–Kier alpha value is -1.84. The van der Waals surface area contributed by atoms with Gasteiger partial charge in [0, 0.05) is 18.7 Å². The number of rotatable bonds is 6. The highest BCUT2D eigenvalue weighted by Crippen LogP contribution is 2.26. The number of esters is 1. The third-order valence-corrected chi connectivity index (χ3v) is 3.81. The minimum Gasteiger partial charge on any atom is -0.466 e. The molecule has 0 aromatic heterocycles. The van der Waals surface area contributed by atoms with E-state index in [9.17, 15) is 9.59 Å². The summed E-state index contributed by atoms with van der Waals surface area (Å²) in [5.74, 6) is -0.612. The maximum atomic E-state index is 12.1. The maximum absolute atomic E-state index is 12.1. The minimum absolute atomic E-state index is 0.00522. The monoisotopic (exact) mass is 289 g/mol. The normalized spacial score (nSPS) is 18.1. The third-order valence-electron chi connectivity index (χ3n) is 3.81. The van der Waals surface area contributed by atoms with Gasteiger partial charge >= 0.3 is 5.97 Å². The van der Waals surface area contributed by atoms with E-state index in [1.807, 2.05) is 12.1 Å². The fraction of sp³-hybridized carbons (Fsp3) is 0.529.